The van der Waals surface area contributed by atoms with E-state index in [1.165, 1.54) is 12.1 Å². The number of amides is 1. The maximum absolute atomic E-state index is 12.7. The van der Waals surface area contributed by atoms with Crippen LogP contribution in [0.2, 0.25) is 0 Å². The third-order valence-corrected chi connectivity index (χ3v) is 5.06. The summed E-state index contributed by atoms with van der Waals surface area (Å²) < 4.78 is 22.6. The number of primary amides is 1. The number of ketones is 1. The van der Waals surface area contributed by atoms with Crippen molar-refractivity contribution in [2.45, 2.75) is 13.8 Å². The fourth-order valence-electron chi connectivity index (χ4n) is 3.00. The van der Waals surface area contributed by atoms with E-state index in [0.29, 0.717) is 5.56 Å². The molecular weight excluding hydrogens is 405 g/mol. The molecule has 0 bridgehead atoms. The van der Waals surface area contributed by atoms with Gasteiger partial charge in [0.15, 0.2) is 5.78 Å². The van der Waals surface area contributed by atoms with Crippen molar-refractivity contribution in [3.63, 3.8) is 0 Å². The number of carbonyl (C=O) groups is 2. The Labute approximate surface area is 173 Å². The number of hydrogen-bond donors (Lipinski definition) is 2. The highest BCUT2D eigenvalue weighted by atomic mass is 31.2. The minimum absolute atomic E-state index is 0.0593. The van der Waals surface area contributed by atoms with Gasteiger partial charge in [-0.3, -0.25) is 14.5 Å². The highest BCUT2D eigenvalue weighted by Crippen LogP contribution is 2.45. The van der Waals surface area contributed by atoms with E-state index in [4.69, 9.17) is 14.8 Å². The van der Waals surface area contributed by atoms with Gasteiger partial charge in [0.05, 0.1) is 5.56 Å². The lowest BCUT2D eigenvalue weighted by atomic mass is 9.98. The summed E-state index contributed by atoms with van der Waals surface area (Å²) >= 11 is 0. The van der Waals surface area contributed by atoms with Crippen LogP contribution in [0.4, 0.5) is 0 Å². The van der Waals surface area contributed by atoms with E-state index in [2.05, 4.69) is 0 Å². The molecule has 0 saturated heterocycles. The standard InChI is InChI=1S/C22H20NO6P/c1-14-10-15(2)12-18(11-14)29-30(26,27)28-17-8-9-19(20(13-17)22(23)25)21(24)16-6-4-3-5-7-16/h3-13H,1-2H3,(H2,23,25)(H,26,27). The summed E-state index contributed by atoms with van der Waals surface area (Å²) in [4.78, 5) is 34.7. The van der Waals surface area contributed by atoms with Gasteiger partial charge < -0.3 is 14.8 Å². The lowest BCUT2D eigenvalue weighted by Crippen LogP contribution is -2.17. The van der Waals surface area contributed by atoms with Gasteiger partial charge in [-0.1, -0.05) is 36.4 Å². The molecule has 0 radical (unpaired) electrons. The van der Waals surface area contributed by atoms with Gasteiger partial charge in [0.25, 0.3) is 0 Å². The predicted molar refractivity (Wildman–Crippen MR) is 112 cm³/mol. The van der Waals surface area contributed by atoms with Crippen LogP contribution in [-0.4, -0.2) is 16.6 Å². The Kier molecular flexibility index (Phi) is 6.06. The molecule has 0 aliphatic heterocycles. The minimum Gasteiger partial charge on any atom is -0.395 e. The zero-order valence-electron chi connectivity index (χ0n) is 16.4. The Morgan fingerprint density at radius 1 is 0.833 bits per heavy atom. The average molecular weight is 425 g/mol. The van der Waals surface area contributed by atoms with Crippen molar-refractivity contribution in [2.24, 2.45) is 5.73 Å². The molecule has 1 unspecified atom stereocenters. The Hall–Kier alpha value is -3.41. The van der Waals surface area contributed by atoms with Crippen molar-refractivity contribution in [3.8, 4) is 11.5 Å². The van der Waals surface area contributed by atoms with Crippen molar-refractivity contribution < 1.29 is 28.1 Å². The summed E-state index contributed by atoms with van der Waals surface area (Å²) in [5.41, 5.74) is 7.42. The van der Waals surface area contributed by atoms with Crippen LogP contribution in [0.15, 0.2) is 66.7 Å². The molecule has 30 heavy (non-hydrogen) atoms. The summed E-state index contributed by atoms with van der Waals surface area (Å²) in [5.74, 6) is -1.25. The van der Waals surface area contributed by atoms with Crippen LogP contribution in [0.25, 0.3) is 0 Å². The van der Waals surface area contributed by atoms with Crippen LogP contribution in [0.3, 0.4) is 0 Å². The van der Waals surface area contributed by atoms with Gasteiger partial charge >= 0.3 is 7.82 Å². The maximum Gasteiger partial charge on any atom is 0.584 e. The molecule has 0 aliphatic rings. The first kappa shape index (κ1) is 21.3. The topological polar surface area (TPSA) is 116 Å². The number of hydrogen-bond acceptors (Lipinski definition) is 5. The number of phosphoric ester groups is 1. The van der Waals surface area contributed by atoms with Crippen LogP contribution >= 0.6 is 7.82 Å². The van der Waals surface area contributed by atoms with E-state index >= 15 is 0 Å². The van der Waals surface area contributed by atoms with Crippen LogP contribution in [0, 0.1) is 13.8 Å². The van der Waals surface area contributed by atoms with Gasteiger partial charge in [0.2, 0.25) is 5.91 Å². The van der Waals surface area contributed by atoms with Gasteiger partial charge in [-0.2, -0.15) is 0 Å². The highest BCUT2D eigenvalue weighted by Gasteiger charge is 2.27. The number of phosphoric acid groups is 1. The van der Waals surface area contributed by atoms with Gasteiger partial charge in [0.1, 0.15) is 11.5 Å². The summed E-state index contributed by atoms with van der Waals surface area (Å²) in [7, 11) is -4.56. The third kappa shape index (κ3) is 5.14. The van der Waals surface area contributed by atoms with Gasteiger partial charge in [-0.05, 0) is 55.3 Å². The molecule has 3 aromatic carbocycles. The average Bonchev–Trinajstić information content (AvgIpc) is 2.66. The van der Waals surface area contributed by atoms with E-state index in [9.17, 15) is 19.0 Å². The number of carbonyl (C=O) groups excluding carboxylic acids is 2. The fraction of sp³-hybridized carbons (Fsp3) is 0.0909. The molecule has 0 spiro atoms. The van der Waals surface area contributed by atoms with Crippen molar-refractivity contribution in [2.75, 3.05) is 0 Å². The van der Waals surface area contributed by atoms with Crippen molar-refractivity contribution >= 4 is 19.5 Å². The summed E-state index contributed by atoms with van der Waals surface area (Å²) in [5, 5.41) is 0. The maximum atomic E-state index is 12.7. The summed E-state index contributed by atoms with van der Waals surface area (Å²) in [6, 6.07) is 17.2. The molecule has 1 atom stereocenters. The second-order valence-corrected chi connectivity index (χ2v) is 8.04. The largest absolute Gasteiger partial charge is 0.584 e. The molecule has 154 valence electrons. The highest BCUT2D eigenvalue weighted by molar-refractivity contribution is 7.48. The first-order valence-electron chi connectivity index (χ1n) is 8.98. The van der Waals surface area contributed by atoms with Gasteiger partial charge in [-0.15, -0.1) is 0 Å². The van der Waals surface area contributed by atoms with E-state index < -0.39 is 19.5 Å². The fourth-order valence-corrected chi connectivity index (χ4v) is 3.79. The molecule has 3 aromatic rings. The molecular formula is C22H20NO6P. The molecule has 7 nitrogen and oxygen atoms in total. The SMILES string of the molecule is Cc1cc(C)cc(OP(=O)(O)Oc2ccc(C(=O)c3ccccc3)c(C(N)=O)c2)c1. The Morgan fingerprint density at radius 2 is 1.43 bits per heavy atom. The molecule has 3 N–H and O–H groups in total. The monoisotopic (exact) mass is 425 g/mol. The second-order valence-electron chi connectivity index (χ2n) is 6.74. The first-order chi connectivity index (χ1) is 14.1. The molecule has 1 amide bonds. The quantitative estimate of drug-likeness (QED) is 0.433. The normalized spacial score (nSPS) is 12.6. The summed E-state index contributed by atoms with van der Waals surface area (Å²) in [6.45, 7) is 3.65. The minimum atomic E-state index is -4.56. The Morgan fingerprint density at radius 3 is 2.03 bits per heavy atom. The number of rotatable bonds is 7. The number of benzene rings is 3. The second kappa shape index (κ2) is 8.53. The zero-order chi connectivity index (χ0) is 21.9. The predicted octanol–water partition coefficient (Wildman–Crippen LogP) is 4.19. The molecule has 8 heteroatoms. The molecule has 0 heterocycles. The van der Waals surface area contributed by atoms with E-state index in [1.807, 2.05) is 19.9 Å². The molecule has 0 fully saturated rings. The zero-order valence-corrected chi connectivity index (χ0v) is 17.3. The summed E-state index contributed by atoms with van der Waals surface area (Å²) in [6.07, 6.45) is 0. The molecule has 0 aliphatic carbocycles. The van der Waals surface area contributed by atoms with Crippen molar-refractivity contribution in [3.05, 3.63) is 94.5 Å². The Balaban J connectivity index is 1.88. The first-order valence-corrected chi connectivity index (χ1v) is 10.5. The van der Waals surface area contributed by atoms with Crippen LogP contribution in [-0.2, 0) is 4.57 Å². The van der Waals surface area contributed by atoms with Gasteiger partial charge in [0, 0.05) is 11.1 Å². The third-order valence-electron chi connectivity index (χ3n) is 4.17. The van der Waals surface area contributed by atoms with Crippen molar-refractivity contribution in [1.29, 1.82) is 0 Å². The lowest BCUT2D eigenvalue weighted by molar-refractivity contribution is 0.0980. The molecule has 0 aromatic heterocycles. The molecule has 3 rings (SSSR count). The van der Waals surface area contributed by atoms with Crippen LogP contribution in [0.5, 0.6) is 11.5 Å². The molecule has 0 saturated carbocycles. The van der Waals surface area contributed by atoms with E-state index in [0.717, 1.165) is 17.2 Å². The smallest absolute Gasteiger partial charge is 0.395 e. The van der Waals surface area contributed by atoms with E-state index in [1.54, 1.807) is 42.5 Å². The van der Waals surface area contributed by atoms with Crippen molar-refractivity contribution in [1.82, 2.24) is 0 Å². The van der Waals surface area contributed by atoms with Gasteiger partial charge in [-0.25, -0.2) is 4.57 Å². The number of nitrogens with two attached hydrogens (primary N) is 1. The van der Waals surface area contributed by atoms with E-state index in [-0.39, 0.29) is 22.6 Å². The lowest BCUT2D eigenvalue weighted by Gasteiger charge is -2.16. The van der Waals surface area contributed by atoms with Crippen LogP contribution < -0.4 is 14.8 Å². The van der Waals surface area contributed by atoms with Crippen LogP contribution in [0.1, 0.15) is 37.4 Å². The Bertz CT molecular complexity index is 1140. The number of aryl methyl sites for hydroxylation is 2.